The highest BCUT2D eigenvalue weighted by Crippen LogP contribution is 2.52. The average Bonchev–Trinajstić information content (AvgIpc) is 2.88. The minimum absolute atomic E-state index is 0. The van der Waals surface area contributed by atoms with E-state index in [0.29, 0.717) is 18.1 Å². The fraction of sp³-hybridized carbons (Fsp3) is 0.941. The first kappa shape index (κ1) is 21.0. The molecule has 23 heavy (non-hydrogen) atoms. The molecule has 1 saturated heterocycles. The molecule has 0 spiro atoms. The van der Waals surface area contributed by atoms with Gasteiger partial charge >= 0.3 is 0 Å². The lowest BCUT2D eigenvalue weighted by atomic mass is 9.57. The van der Waals surface area contributed by atoms with Gasteiger partial charge in [0.25, 0.3) is 0 Å². The summed E-state index contributed by atoms with van der Waals surface area (Å²) in [6, 6.07) is 0.418. The highest BCUT2D eigenvalue weighted by atomic mass is 127. The van der Waals surface area contributed by atoms with Crippen molar-refractivity contribution in [3.8, 4) is 0 Å². The van der Waals surface area contributed by atoms with E-state index in [1.54, 1.807) is 7.11 Å². The molecule has 0 aromatic carbocycles. The quantitative estimate of drug-likeness (QED) is 0.402. The smallest absolute Gasteiger partial charge is 0.191 e. The van der Waals surface area contributed by atoms with E-state index in [1.165, 1.54) is 0 Å². The summed E-state index contributed by atoms with van der Waals surface area (Å²) in [7, 11) is 3.59. The molecule has 0 amide bonds. The maximum atomic E-state index is 5.85. The summed E-state index contributed by atoms with van der Waals surface area (Å²) in [5, 5.41) is 7.02. The van der Waals surface area contributed by atoms with E-state index in [-0.39, 0.29) is 40.9 Å². The van der Waals surface area contributed by atoms with Gasteiger partial charge in [-0.25, -0.2) is 0 Å². The largest absolute Gasteiger partial charge is 0.379 e. The SMILES string of the molecule is CN=C(NCC(OC)C(C)(C)C)NC1C2CCOC2C1(C)C.I. The first-order valence-electron chi connectivity index (χ1n) is 8.33. The maximum absolute atomic E-state index is 5.85. The second-order valence-corrected chi connectivity index (χ2v) is 8.23. The second kappa shape index (κ2) is 7.87. The molecule has 0 bridgehead atoms. The minimum atomic E-state index is 0. The molecule has 0 aromatic heterocycles. The molecule has 2 rings (SSSR count). The van der Waals surface area contributed by atoms with Crippen LogP contribution in [-0.2, 0) is 9.47 Å². The molecular formula is C17H34IN3O2. The molecule has 0 aromatic rings. The summed E-state index contributed by atoms with van der Waals surface area (Å²) in [5.74, 6) is 1.46. The Hall–Kier alpha value is -0.0800. The van der Waals surface area contributed by atoms with Crippen molar-refractivity contribution in [3.05, 3.63) is 0 Å². The summed E-state index contributed by atoms with van der Waals surface area (Å²) < 4.78 is 11.5. The van der Waals surface area contributed by atoms with Gasteiger partial charge in [-0.3, -0.25) is 4.99 Å². The van der Waals surface area contributed by atoms with E-state index >= 15 is 0 Å². The Labute approximate surface area is 158 Å². The van der Waals surface area contributed by atoms with Crippen LogP contribution in [0.3, 0.4) is 0 Å². The van der Waals surface area contributed by atoms with Gasteiger partial charge in [-0.2, -0.15) is 0 Å². The van der Waals surface area contributed by atoms with Crippen molar-refractivity contribution in [2.75, 3.05) is 27.3 Å². The van der Waals surface area contributed by atoms with Crippen molar-refractivity contribution in [2.45, 2.75) is 59.3 Å². The molecule has 1 aliphatic heterocycles. The number of ether oxygens (including phenoxy) is 2. The molecule has 4 unspecified atom stereocenters. The molecule has 136 valence electrons. The van der Waals surface area contributed by atoms with Crippen LogP contribution in [-0.4, -0.2) is 51.5 Å². The zero-order valence-corrected chi connectivity index (χ0v) is 17.9. The molecule has 0 radical (unpaired) electrons. The molecule has 2 aliphatic rings. The van der Waals surface area contributed by atoms with Crippen LogP contribution in [0.1, 0.15) is 41.0 Å². The number of hydrogen-bond donors (Lipinski definition) is 2. The zero-order valence-electron chi connectivity index (χ0n) is 15.6. The van der Waals surface area contributed by atoms with Gasteiger partial charge < -0.3 is 20.1 Å². The Morgan fingerprint density at radius 3 is 2.57 bits per heavy atom. The first-order chi connectivity index (χ1) is 10.2. The monoisotopic (exact) mass is 439 g/mol. The second-order valence-electron chi connectivity index (χ2n) is 8.23. The fourth-order valence-electron chi connectivity index (χ4n) is 3.89. The van der Waals surface area contributed by atoms with E-state index in [0.717, 1.165) is 25.5 Å². The lowest BCUT2D eigenvalue weighted by Gasteiger charge is -2.55. The van der Waals surface area contributed by atoms with Gasteiger partial charge in [-0.1, -0.05) is 34.6 Å². The van der Waals surface area contributed by atoms with Crippen molar-refractivity contribution in [2.24, 2.45) is 21.7 Å². The molecule has 4 atom stereocenters. The van der Waals surface area contributed by atoms with Gasteiger partial charge in [0.15, 0.2) is 5.96 Å². The van der Waals surface area contributed by atoms with Crippen LogP contribution >= 0.6 is 24.0 Å². The average molecular weight is 439 g/mol. The molecule has 5 nitrogen and oxygen atoms in total. The van der Waals surface area contributed by atoms with Gasteiger partial charge in [-0.15, -0.1) is 24.0 Å². The number of guanidine groups is 1. The van der Waals surface area contributed by atoms with Crippen LogP contribution in [0.25, 0.3) is 0 Å². The number of halogens is 1. The van der Waals surface area contributed by atoms with E-state index in [9.17, 15) is 0 Å². The zero-order chi connectivity index (χ0) is 16.5. The van der Waals surface area contributed by atoms with E-state index in [4.69, 9.17) is 9.47 Å². The predicted octanol–water partition coefficient (Wildman–Crippen LogP) is 2.64. The number of methoxy groups -OCH3 is 1. The van der Waals surface area contributed by atoms with Crippen LogP contribution < -0.4 is 10.6 Å². The van der Waals surface area contributed by atoms with Crippen molar-refractivity contribution < 1.29 is 9.47 Å². The van der Waals surface area contributed by atoms with Crippen LogP contribution in [0.4, 0.5) is 0 Å². The number of fused-ring (bicyclic) bond motifs is 1. The lowest BCUT2D eigenvalue weighted by Crippen LogP contribution is -2.68. The number of aliphatic imine (C=N–C) groups is 1. The standard InChI is InChI=1S/C17H33N3O2.HI/c1-16(2,3)12(21-7)10-19-15(18-6)20-13-11-8-9-22-14(11)17(13,4)5;/h11-14H,8-10H2,1-7H3,(H2,18,19,20);1H. The maximum Gasteiger partial charge on any atom is 0.191 e. The Bertz CT molecular complexity index is 421. The van der Waals surface area contributed by atoms with E-state index < -0.39 is 0 Å². The fourth-order valence-corrected chi connectivity index (χ4v) is 3.89. The van der Waals surface area contributed by atoms with Crippen LogP contribution in [0, 0.1) is 16.7 Å². The minimum Gasteiger partial charge on any atom is -0.379 e. The highest BCUT2D eigenvalue weighted by molar-refractivity contribution is 14.0. The molecule has 1 heterocycles. The molecule has 2 N–H and O–H groups in total. The van der Waals surface area contributed by atoms with Crippen LogP contribution in [0.15, 0.2) is 4.99 Å². The molecule has 1 aliphatic carbocycles. The number of rotatable bonds is 4. The third-order valence-corrected chi connectivity index (χ3v) is 5.32. The van der Waals surface area contributed by atoms with Gasteiger partial charge in [0, 0.05) is 44.7 Å². The number of nitrogens with one attached hydrogen (secondary N) is 2. The van der Waals surface area contributed by atoms with E-state index in [1.807, 2.05) is 7.05 Å². The van der Waals surface area contributed by atoms with Gasteiger partial charge in [0.1, 0.15) is 0 Å². The number of nitrogens with zero attached hydrogens (tertiary/aromatic N) is 1. The lowest BCUT2D eigenvalue weighted by molar-refractivity contribution is -0.106. The van der Waals surface area contributed by atoms with Crippen LogP contribution in [0.5, 0.6) is 0 Å². The normalized spacial score (nSPS) is 30.7. The van der Waals surface area contributed by atoms with Crippen molar-refractivity contribution in [3.63, 3.8) is 0 Å². The van der Waals surface area contributed by atoms with E-state index in [2.05, 4.69) is 50.2 Å². The Kier molecular flexibility index (Phi) is 7.17. The molecular weight excluding hydrogens is 405 g/mol. The van der Waals surface area contributed by atoms with Gasteiger partial charge in [0.05, 0.1) is 12.2 Å². The summed E-state index contributed by atoms with van der Waals surface area (Å²) in [5.41, 5.74) is 0.254. The molecule has 6 heteroatoms. The number of hydrogen-bond acceptors (Lipinski definition) is 3. The van der Waals surface area contributed by atoms with Crippen molar-refractivity contribution >= 4 is 29.9 Å². The highest BCUT2D eigenvalue weighted by Gasteiger charge is 2.59. The van der Waals surface area contributed by atoms with Crippen molar-refractivity contribution in [1.82, 2.24) is 10.6 Å². The summed E-state index contributed by atoms with van der Waals surface area (Å²) in [4.78, 5) is 4.38. The van der Waals surface area contributed by atoms with Gasteiger partial charge in [-0.05, 0) is 11.8 Å². The summed E-state index contributed by atoms with van der Waals surface area (Å²) >= 11 is 0. The molecule has 2 fully saturated rings. The third kappa shape index (κ3) is 4.31. The third-order valence-electron chi connectivity index (χ3n) is 5.32. The van der Waals surface area contributed by atoms with Gasteiger partial charge in [0.2, 0.25) is 0 Å². The predicted molar refractivity (Wildman–Crippen MR) is 106 cm³/mol. The topological polar surface area (TPSA) is 54.9 Å². The Morgan fingerprint density at radius 2 is 2.04 bits per heavy atom. The Balaban J connectivity index is 0.00000264. The summed E-state index contributed by atoms with van der Waals surface area (Å²) in [6.45, 7) is 12.8. The van der Waals surface area contributed by atoms with Crippen molar-refractivity contribution in [1.29, 1.82) is 0 Å². The van der Waals surface area contributed by atoms with Crippen LogP contribution in [0.2, 0.25) is 0 Å². The summed E-state index contributed by atoms with van der Waals surface area (Å²) in [6.07, 6.45) is 1.68. The molecule has 1 saturated carbocycles. The Morgan fingerprint density at radius 1 is 1.39 bits per heavy atom. The first-order valence-corrected chi connectivity index (χ1v) is 8.33.